The van der Waals surface area contributed by atoms with Gasteiger partial charge in [0.1, 0.15) is 22.7 Å². The van der Waals surface area contributed by atoms with Crippen LogP contribution in [0.5, 0.6) is 0 Å². The number of likely N-dealkylation sites (tertiary alicyclic amines) is 1. The highest BCUT2D eigenvalue weighted by Crippen LogP contribution is 2.29. The van der Waals surface area contributed by atoms with Crippen molar-refractivity contribution in [1.82, 2.24) is 10.2 Å². The highest BCUT2D eigenvalue weighted by atomic mass is 19.1. The molecule has 1 fully saturated rings. The number of piperidine rings is 1. The zero-order valence-corrected chi connectivity index (χ0v) is 19.0. The van der Waals surface area contributed by atoms with E-state index in [0.29, 0.717) is 55.0 Å². The second kappa shape index (κ2) is 10.2. The Morgan fingerprint density at radius 3 is 2.67 bits per heavy atom. The first-order chi connectivity index (χ1) is 16.0. The number of hydrogen-bond donors (Lipinski definition) is 1. The fourth-order valence-corrected chi connectivity index (χ4v) is 4.27. The van der Waals surface area contributed by atoms with Gasteiger partial charge < -0.3 is 14.5 Å². The minimum Gasteiger partial charge on any atom is -0.462 e. The Morgan fingerprint density at radius 1 is 1.18 bits per heavy atom. The molecule has 4 rings (SSSR count). The number of fused-ring (bicyclic) bond motifs is 1. The number of aryl methyl sites for hydroxylation is 1. The van der Waals surface area contributed by atoms with E-state index in [1.165, 1.54) is 6.07 Å². The number of ether oxygens (including phenoxy) is 1. The molecule has 3 aromatic rings. The predicted octanol–water partition coefficient (Wildman–Crippen LogP) is 4.59. The van der Waals surface area contributed by atoms with Crippen LogP contribution in [0, 0.1) is 18.7 Å². The molecule has 33 heavy (non-hydrogen) atoms. The topological polar surface area (TPSA) is 71.8 Å². The maximum Gasteiger partial charge on any atom is 0.342 e. The summed E-state index contributed by atoms with van der Waals surface area (Å²) >= 11 is 0. The maximum atomic E-state index is 13.7. The van der Waals surface area contributed by atoms with Crippen LogP contribution in [0.2, 0.25) is 0 Å². The molecule has 0 atom stereocenters. The lowest BCUT2D eigenvalue weighted by atomic mass is 9.95. The third kappa shape index (κ3) is 5.25. The van der Waals surface area contributed by atoms with Gasteiger partial charge in [-0.25, -0.2) is 9.18 Å². The number of halogens is 1. The van der Waals surface area contributed by atoms with Gasteiger partial charge in [-0.15, -0.1) is 0 Å². The number of nitrogens with zero attached hydrogens (tertiary/aromatic N) is 1. The Morgan fingerprint density at radius 2 is 1.94 bits per heavy atom. The molecule has 0 aliphatic carbocycles. The van der Waals surface area contributed by atoms with E-state index in [4.69, 9.17) is 9.15 Å². The number of hydrogen-bond acceptors (Lipinski definition) is 5. The molecule has 0 bridgehead atoms. The summed E-state index contributed by atoms with van der Waals surface area (Å²) < 4.78 is 25.0. The van der Waals surface area contributed by atoms with Crippen LogP contribution < -0.4 is 5.32 Å². The average Bonchev–Trinajstić information content (AvgIpc) is 3.18. The van der Waals surface area contributed by atoms with Crippen LogP contribution in [0.15, 0.2) is 46.9 Å². The van der Waals surface area contributed by atoms with Gasteiger partial charge in [-0.05, 0) is 63.0 Å². The van der Waals surface area contributed by atoms with Crippen LogP contribution in [0.1, 0.15) is 47.0 Å². The van der Waals surface area contributed by atoms with Crippen LogP contribution in [0.4, 0.5) is 4.39 Å². The minimum atomic E-state index is -0.376. The highest BCUT2D eigenvalue weighted by molar-refractivity contribution is 6.04. The molecule has 1 amide bonds. The van der Waals surface area contributed by atoms with Crippen molar-refractivity contribution < 1.29 is 23.1 Å². The van der Waals surface area contributed by atoms with E-state index in [1.807, 2.05) is 30.3 Å². The second-order valence-corrected chi connectivity index (χ2v) is 8.47. The van der Waals surface area contributed by atoms with Crippen molar-refractivity contribution >= 4 is 22.8 Å². The van der Waals surface area contributed by atoms with Gasteiger partial charge in [-0.2, -0.15) is 0 Å². The SMILES string of the molecule is CCOC(=O)c1c(CN2CCC(C(=O)NCc3ccc(C)c(F)c3)CC2)oc2ccccc12. The monoisotopic (exact) mass is 452 g/mol. The summed E-state index contributed by atoms with van der Waals surface area (Å²) in [6.45, 7) is 6.04. The average molecular weight is 453 g/mol. The molecule has 2 heterocycles. The van der Waals surface area contributed by atoms with E-state index in [2.05, 4.69) is 10.2 Å². The van der Waals surface area contributed by atoms with Crippen LogP contribution in [-0.4, -0.2) is 36.5 Å². The summed E-state index contributed by atoms with van der Waals surface area (Å²) in [4.78, 5) is 27.4. The Bertz CT molecular complexity index is 1150. The number of rotatable bonds is 7. The van der Waals surface area contributed by atoms with Crippen molar-refractivity contribution in [3.63, 3.8) is 0 Å². The Kier molecular flexibility index (Phi) is 7.08. The van der Waals surface area contributed by atoms with E-state index < -0.39 is 0 Å². The number of para-hydroxylation sites is 1. The fourth-order valence-electron chi connectivity index (χ4n) is 4.27. The predicted molar refractivity (Wildman–Crippen MR) is 123 cm³/mol. The fraction of sp³-hybridized carbons (Fsp3) is 0.385. The van der Waals surface area contributed by atoms with E-state index in [9.17, 15) is 14.0 Å². The van der Waals surface area contributed by atoms with Crippen LogP contribution in [-0.2, 0) is 22.6 Å². The number of amides is 1. The molecule has 0 unspecified atom stereocenters. The molecule has 0 saturated carbocycles. The molecule has 7 heteroatoms. The second-order valence-electron chi connectivity index (χ2n) is 8.47. The van der Waals surface area contributed by atoms with Gasteiger partial charge in [0.25, 0.3) is 0 Å². The Balaban J connectivity index is 1.35. The lowest BCUT2D eigenvalue weighted by Crippen LogP contribution is -2.40. The molecule has 1 aliphatic heterocycles. The summed E-state index contributed by atoms with van der Waals surface area (Å²) in [6.07, 6.45) is 1.42. The van der Waals surface area contributed by atoms with Crippen molar-refractivity contribution in [2.75, 3.05) is 19.7 Å². The summed E-state index contributed by atoms with van der Waals surface area (Å²) in [5.74, 6) is -0.135. The smallest absolute Gasteiger partial charge is 0.342 e. The lowest BCUT2D eigenvalue weighted by molar-refractivity contribution is -0.126. The normalized spacial score (nSPS) is 15.0. The van der Waals surface area contributed by atoms with Gasteiger partial charge in [0.2, 0.25) is 5.91 Å². The summed E-state index contributed by atoms with van der Waals surface area (Å²) in [5.41, 5.74) is 2.49. The number of carbonyl (C=O) groups is 2. The van der Waals surface area contributed by atoms with Crippen molar-refractivity contribution in [2.45, 2.75) is 39.8 Å². The third-order valence-electron chi connectivity index (χ3n) is 6.18. The zero-order valence-electron chi connectivity index (χ0n) is 19.0. The standard InChI is InChI=1S/C26H29FN2O4/c1-3-32-26(31)24-20-6-4-5-7-22(20)33-23(24)16-29-12-10-19(11-13-29)25(30)28-15-18-9-8-17(2)21(27)14-18/h4-9,14,19H,3,10-13,15-16H2,1-2H3,(H,28,30). The first kappa shape index (κ1) is 23.0. The van der Waals surface area contributed by atoms with Gasteiger partial charge in [0.05, 0.1) is 13.2 Å². The number of carbonyl (C=O) groups excluding carboxylic acids is 2. The largest absolute Gasteiger partial charge is 0.462 e. The van der Waals surface area contributed by atoms with Gasteiger partial charge in [-0.1, -0.05) is 30.3 Å². The van der Waals surface area contributed by atoms with Gasteiger partial charge in [0, 0.05) is 17.8 Å². The molecule has 0 spiro atoms. The molecule has 6 nitrogen and oxygen atoms in total. The number of benzene rings is 2. The number of nitrogens with one attached hydrogen (secondary N) is 1. The molecule has 1 aromatic heterocycles. The van der Waals surface area contributed by atoms with Gasteiger partial charge in [-0.3, -0.25) is 9.69 Å². The summed E-state index contributed by atoms with van der Waals surface area (Å²) in [5, 5.41) is 3.69. The van der Waals surface area contributed by atoms with E-state index in [-0.39, 0.29) is 23.6 Å². The molecule has 0 radical (unpaired) electrons. The maximum absolute atomic E-state index is 13.7. The minimum absolute atomic E-state index is 0.00779. The number of esters is 1. The molecule has 2 aromatic carbocycles. The van der Waals surface area contributed by atoms with Crippen LogP contribution in [0.3, 0.4) is 0 Å². The third-order valence-corrected chi connectivity index (χ3v) is 6.18. The van der Waals surface area contributed by atoms with Crippen molar-refractivity contribution in [1.29, 1.82) is 0 Å². The van der Waals surface area contributed by atoms with Crippen LogP contribution in [0.25, 0.3) is 11.0 Å². The first-order valence-electron chi connectivity index (χ1n) is 11.4. The molecule has 1 saturated heterocycles. The highest BCUT2D eigenvalue weighted by Gasteiger charge is 2.28. The summed E-state index contributed by atoms with van der Waals surface area (Å²) in [7, 11) is 0. The number of furan rings is 1. The first-order valence-corrected chi connectivity index (χ1v) is 11.4. The van der Waals surface area contributed by atoms with Crippen molar-refractivity contribution in [3.8, 4) is 0 Å². The molecule has 174 valence electrons. The molecule has 1 aliphatic rings. The summed E-state index contributed by atoms with van der Waals surface area (Å²) in [6, 6.07) is 12.5. The van der Waals surface area contributed by atoms with E-state index >= 15 is 0 Å². The van der Waals surface area contributed by atoms with Gasteiger partial charge >= 0.3 is 5.97 Å². The lowest BCUT2D eigenvalue weighted by Gasteiger charge is -2.30. The van der Waals surface area contributed by atoms with E-state index in [1.54, 1.807) is 19.9 Å². The Labute approximate surface area is 192 Å². The molecular weight excluding hydrogens is 423 g/mol. The molecular formula is C26H29FN2O4. The van der Waals surface area contributed by atoms with Gasteiger partial charge in [0.15, 0.2) is 0 Å². The van der Waals surface area contributed by atoms with Crippen molar-refractivity contribution in [3.05, 3.63) is 70.7 Å². The van der Waals surface area contributed by atoms with Crippen LogP contribution >= 0.6 is 0 Å². The van der Waals surface area contributed by atoms with E-state index in [0.717, 1.165) is 24.0 Å². The quantitative estimate of drug-likeness (QED) is 0.531. The Hall–Kier alpha value is -3.19. The van der Waals surface area contributed by atoms with Crippen molar-refractivity contribution in [2.24, 2.45) is 5.92 Å². The zero-order chi connectivity index (χ0) is 23.4. The molecule has 1 N–H and O–H groups in total.